The van der Waals surface area contributed by atoms with Gasteiger partial charge in [0.1, 0.15) is 11.5 Å². The van der Waals surface area contributed by atoms with Gasteiger partial charge in [-0.3, -0.25) is 0 Å². The minimum Gasteiger partial charge on any atom is -0.507 e. The topological polar surface area (TPSA) is 46.5 Å². The lowest BCUT2D eigenvalue weighted by atomic mass is 9.99. The zero-order valence-electron chi connectivity index (χ0n) is 16.1. The van der Waals surface area contributed by atoms with Crippen LogP contribution in [0.1, 0.15) is 32.6 Å². The first kappa shape index (κ1) is 21.0. The molecule has 2 aromatic carbocycles. The number of carbonyl (C=O) groups is 1. The minimum atomic E-state index is -0.475. The predicted octanol–water partition coefficient (Wildman–Crippen LogP) is 5.53. The molecule has 0 atom stereocenters. The molecule has 0 bridgehead atoms. The molecule has 0 saturated carbocycles. The quantitative estimate of drug-likeness (QED) is 0.338. The lowest BCUT2D eigenvalue weighted by Crippen LogP contribution is -2.11. The van der Waals surface area contributed by atoms with E-state index in [0.717, 1.165) is 17.5 Å². The SMILES string of the molecule is C=CCc1ccc(OC(=O)c2cc(CC=C)c(O)c(CC=C)c2)c(CC=C)c1. The Labute approximate surface area is 167 Å². The van der Waals surface area contributed by atoms with Crippen LogP contribution in [0, 0.1) is 0 Å². The van der Waals surface area contributed by atoms with Crippen LogP contribution in [0.15, 0.2) is 81.0 Å². The van der Waals surface area contributed by atoms with Crippen LogP contribution in [0.3, 0.4) is 0 Å². The molecule has 0 aliphatic carbocycles. The standard InChI is InChI=1S/C25H26O3/c1-5-9-18-13-14-23(19(15-18)10-6-2)28-25(27)22-16-20(11-7-3)24(26)21(17-22)12-8-4/h5-8,13-17,26H,1-4,9-12H2. The Kier molecular flexibility index (Phi) is 7.58. The molecule has 0 fully saturated rings. The van der Waals surface area contributed by atoms with Gasteiger partial charge in [0.2, 0.25) is 0 Å². The average molecular weight is 374 g/mol. The number of phenolic OH excluding ortho intramolecular Hbond substituents is 1. The van der Waals surface area contributed by atoms with E-state index >= 15 is 0 Å². The van der Waals surface area contributed by atoms with Gasteiger partial charge in [0.05, 0.1) is 5.56 Å². The smallest absolute Gasteiger partial charge is 0.343 e. The maximum Gasteiger partial charge on any atom is 0.343 e. The first-order valence-corrected chi connectivity index (χ1v) is 9.16. The molecule has 0 amide bonds. The summed E-state index contributed by atoms with van der Waals surface area (Å²) in [6, 6.07) is 9.00. The van der Waals surface area contributed by atoms with Gasteiger partial charge < -0.3 is 9.84 Å². The molecular formula is C25H26O3. The summed E-state index contributed by atoms with van der Waals surface area (Å²) >= 11 is 0. The number of esters is 1. The maximum atomic E-state index is 12.8. The highest BCUT2D eigenvalue weighted by Crippen LogP contribution is 2.28. The maximum absolute atomic E-state index is 12.8. The number of aromatic hydroxyl groups is 1. The monoisotopic (exact) mass is 374 g/mol. The van der Waals surface area contributed by atoms with Gasteiger partial charge >= 0.3 is 5.97 Å². The fourth-order valence-electron chi connectivity index (χ4n) is 3.00. The van der Waals surface area contributed by atoms with Crippen LogP contribution in [0.25, 0.3) is 0 Å². The molecule has 0 radical (unpaired) electrons. The Morgan fingerprint density at radius 1 is 0.821 bits per heavy atom. The summed E-state index contributed by atoms with van der Waals surface area (Å²) in [5.74, 6) is 0.191. The second-order valence-electron chi connectivity index (χ2n) is 6.45. The van der Waals surface area contributed by atoms with E-state index in [1.54, 1.807) is 36.4 Å². The highest BCUT2D eigenvalue weighted by molar-refractivity contribution is 5.92. The molecule has 3 nitrogen and oxygen atoms in total. The molecule has 0 unspecified atom stereocenters. The lowest BCUT2D eigenvalue weighted by Gasteiger charge is -2.13. The molecule has 1 N–H and O–H groups in total. The van der Waals surface area contributed by atoms with E-state index in [9.17, 15) is 9.90 Å². The van der Waals surface area contributed by atoms with Crippen molar-refractivity contribution in [3.63, 3.8) is 0 Å². The van der Waals surface area contributed by atoms with Gasteiger partial charge in [-0.1, -0.05) is 36.4 Å². The summed E-state index contributed by atoms with van der Waals surface area (Å²) in [4.78, 5) is 12.8. The molecule has 0 aliphatic heterocycles. The summed E-state index contributed by atoms with van der Waals surface area (Å²) in [6.07, 6.45) is 9.21. The third-order valence-corrected chi connectivity index (χ3v) is 4.30. The van der Waals surface area contributed by atoms with E-state index in [1.807, 2.05) is 18.2 Å². The van der Waals surface area contributed by atoms with Crippen LogP contribution >= 0.6 is 0 Å². The van der Waals surface area contributed by atoms with Crippen LogP contribution in [0.2, 0.25) is 0 Å². The van der Waals surface area contributed by atoms with E-state index < -0.39 is 5.97 Å². The van der Waals surface area contributed by atoms with Crippen molar-refractivity contribution in [2.75, 3.05) is 0 Å². The van der Waals surface area contributed by atoms with Gasteiger partial charge in [-0.05, 0) is 66.1 Å². The van der Waals surface area contributed by atoms with E-state index in [2.05, 4.69) is 26.3 Å². The van der Waals surface area contributed by atoms with E-state index in [4.69, 9.17) is 4.74 Å². The van der Waals surface area contributed by atoms with Crippen LogP contribution in [-0.2, 0) is 25.7 Å². The van der Waals surface area contributed by atoms with Crippen molar-refractivity contribution in [2.24, 2.45) is 0 Å². The van der Waals surface area contributed by atoms with Crippen molar-refractivity contribution >= 4 is 5.97 Å². The molecule has 0 spiro atoms. The zero-order valence-corrected chi connectivity index (χ0v) is 16.1. The zero-order chi connectivity index (χ0) is 20.5. The second-order valence-corrected chi connectivity index (χ2v) is 6.45. The molecule has 144 valence electrons. The van der Waals surface area contributed by atoms with Gasteiger partial charge in [0.25, 0.3) is 0 Å². The molecule has 2 aromatic rings. The first-order chi connectivity index (χ1) is 13.5. The van der Waals surface area contributed by atoms with Gasteiger partial charge in [-0.2, -0.15) is 0 Å². The minimum absolute atomic E-state index is 0.164. The number of hydrogen-bond acceptors (Lipinski definition) is 3. The van der Waals surface area contributed by atoms with E-state index in [1.165, 1.54) is 0 Å². The first-order valence-electron chi connectivity index (χ1n) is 9.16. The molecule has 0 aromatic heterocycles. The molecule has 0 aliphatic rings. The van der Waals surface area contributed by atoms with E-state index in [0.29, 0.717) is 41.7 Å². The van der Waals surface area contributed by atoms with Crippen LogP contribution in [0.5, 0.6) is 11.5 Å². The molecule has 3 heteroatoms. The number of ether oxygens (including phenoxy) is 1. The van der Waals surface area contributed by atoms with Crippen molar-refractivity contribution in [2.45, 2.75) is 25.7 Å². The molecule has 0 saturated heterocycles. The van der Waals surface area contributed by atoms with Crippen molar-refractivity contribution in [3.8, 4) is 11.5 Å². The fraction of sp³-hybridized carbons (Fsp3) is 0.160. The normalized spacial score (nSPS) is 10.1. The van der Waals surface area contributed by atoms with Crippen molar-refractivity contribution in [1.82, 2.24) is 0 Å². The Balaban J connectivity index is 2.38. The number of carbonyl (C=O) groups excluding carboxylic acids is 1. The summed E-state index contributed by atoms with van der Waals surface area (Å²) in [5, 5.41) is 10.4. The molecule has 28 heavy (non-hydrogen) atoms. The Morgan fingerprint density at radius 2 is 1.36 bits per heavy atom. The van der Waals surface area contributed by atoms with Gasteiger partial charge in [0, 0.05) is 0 Å². The number of benzene rings is 2. The average Bonchev–Trinajstić information content (AvgIpc) is 2.67. The third-order valence-electron chi connectivity index (χ3n) is 4.30. The summed E-state index contributed by atoms with van der Waals surface area (Å²) < 4.78 is 5.68. The Hall–Kier alpha value is -3.33. The number of hydrogen-bond donors (Lipinski definition) is 1. The van der Waals surface area contributed by atoms with E-state index in [-0.39, 0.29) is 5.75 Å². The molecular weight excluding hydrogens is 348 g/mol. The number of phenols is 1. The fourth-order valence-corrected chi connectivity index (χ4v) is 3.00. The molecule has 2 rings (SSSR count). The predicted molar refractivity (Wildman–Crippen MR) is 115 cm³/mol. The molecule has 0 heterocycles. The Bertz CT molecular complexity index is 875. The second kappa shape index (κ2) is 10.1. The van der Waals surface area contributed by atoms with Gasteiger partial charge in [-0.25, -0.2) is 4.79 Å². The van der Waals surface area contributed by atoms with Crippen molar-refractivity contribution in [3.05, 3.63) is 109 Å². The third kappa shape index (κ3) is 5.10. The van der Waals surface area contributed by atoms with Crippen molar-refractivity contribution < 1.29 is 14.6 Å². The number of allylic oxidation sites excluding steroid dienone is 4. The Morgan fingerprint density at radius 3 is 1.89 bits per heavy atom. The van der Waals surface area contributed by atoms with Crippen LogP contribution < -0.4 is 4.74 Å². The summed E-state index contributed by atoms with van der Waals surface area (Å²) in [5.41, 5.74) is 3.63. The largest absolute Gasteiger partial charge is 0.507 e. The van der Waals surface area contributed by atoms with Crippen LogP contribution in [0.4, 0.5) is 0 Å². The highest BCUT2D eigenvalue weighted by Gasteiger charge is 2.16. The van der Waals surface area contributed by atoms with Gasteiger partial charge in [-0.15, -0.1) is 26.3 Å². The summed E-state index contributed by atoms with van der Waals surface area (Å²) in [6.45, 7) is 14.9. The van der Waals surface area contributed by atoms with Crippen molar-refractivity contribution in [1.29, 1.82) is 0 Å². The lowest BCUT2D eigenvalue weighted by molar-refractivity contribution is 0.0733. The van der Waals surface area contributed by atoms with Gasteiger partial charge in [0.15, 0.2) is 0 Å². The van der Waals surface area contributed by atoms with Crippen LogP contribution in [-0.4, -0.2) is 11.1 Å². The number of rotatable bonds is 10. The summed E-state index contributed by atoms with van der Waals surface area (Å²) in [7, 11) is 0. The highest BCUT2D eigenvalue weighted by atomic mass is 16.5.